The van der Waals surface area contributed by atoms with E-state index < -0.39 is 0 Å². The smallest absolute Gasteiger partial charge is 0.222 e. The molecule has 0 aliphatic carbocycles. The van der Waals surface area contributed by atoms with Crippen molar-refractivity contribution in [1.82, 2.24) is 4.90 Å². The number of likely N-dealkylation sites (tertiary alicyclic amines) is 1. The number of aliphatic hydroxyl groups excluding tert-OH is 1. The minimum absolute atomic E-state index is 0.179. The van der Waals surface area contributed by atoms with Crippen LogP contribution in [0.1, 0.15) is 44.9 Å². The fourth-order valence-corrected chi connectivity index (χ4v) is 2.66. The highest BCUT2D eigenvalue weighted by Gasteiger charge is 2.23. The average Bonchev–Trinajstić information content (AvgIpc) is 2.37. The highest BCUT2D eigenvalue weighted by Crippen LogP contribution is 2.18. The molecule has 1 N–H and O–H groups in total. The molecular formula is C13H23NO3. The molecule has 2 heterocycles. The lowest BCUT2D eigenvalue weighted by Gasteiger charge is -2.31. The molecule has 0 spiro atoms. The van der Waals surface area contributed by atoms with E-state index in [-0.39, 0.29) is 18.1 Å². The number of β-amino-alcohol motifs (C(OH)–C–C–N with tert-alkyl or cyclic N) is 1. The topological polar surface area (TPSA) is 49.8 Å². The summed E-state index contributed by atoms with van der Waals surface area (Å²) in [7, 11) is 0. The Hall–Kier alpha value is -0.610. The maximum Gasteiger partial charge on any atom is 0.222 e. The third kappa shape index (κ3) is 3.96. The number of hydrogen-bond acceptors (Lipinski definition) is 3. The Bertz CT molecular complexity index is 251. The zero-order valence-electron chi connectivity index (χ0n) is 10.4. The van der Waals surface area contributed by atoms with Crippen LogP contribution in [0.4, 0.5) is 0 Å². The van der Waals surface area contributed by atoms with Gasteiger partial charge in [0.1, 0.15) is 0 Å². The summed E-state index contributed by atoms with van der Waals surface area (Å²) in [6.07, 6.45) is 6.59. The molecule has 0 bridgehead atoms. The zero-order valence-corrected chi connectivity index (χ0v) is 10.4. The van der Waals surface area contributed by atoms with E-state index in [1.807, 2.05) is 0 Å². The first kappa shape index (κ1) is 12.8. The third-order valence-corrected chi connectivity index (χ3v) is 3.70. The maximum atomic E-state index is 11.9. The zero-order chi connectivity index (χ0) is 12.1. The quantitative estimate of drug-likeness (QED) is 0.810. The second-order valence-electron chi connectivity index (χ2n) is 5.16. The summed E-state index contributed by atoms with van der Waals surface area (Å²) >= 11 is 0. The van der Waals surface area contributed by atoms with Gasteiger partial charge >= 0.3 is 0 Å². The van der Waals surface area contributed by atoms with Gasteiger partial charge in [-0.3, -0.25) is 4.79 Å². The van der Waals surface area contributed by atoms with Gasteiger partial charge in [0, 0.05) is 26.1 Å². The molecule has 2 rings (SSSR count). The van der Waals surface area contributed by atoms with Crippen LogP contribution in [0.5, 0.6) is 0 Å². The molecular weight excluding hydrogens is 218 g/mol. The van der Waals surface area contributed by atoms with Gasteiger partial charge < -0.3 is 14.7 Å². The number of carbonyl (C=O) groups is 1. The SMILES string of the molecule is O=C(CCC1CCCCO1)N1CCCC(O)C1. The Morgan fingerprint density at radius 1 is 1.29 bits per heavy atom. The molecule has 0 aromatic carbocycles. The summed E-state index contributed by atoms with van der Waals surface area (Å²) in [4.78, 5) is 13.7. The van der Waals surface area contributed by atoms with Crippen molar-refractivity contribution in [2.24, 2.45) is 0 Å². The molecule has 0 radical (unpaired) electrons. The highest BCUT2D eigenvalue weighted by atomic mass is 16.5. The predicted molar refractivity (Wildman–Crippen MR) is 64.6 cm³/mol. The van der Waals surface area contributed by atoms with Crippen molar-refractivity contribution in [3.63, 3.8) is 0 Å². The summed E-state index contributed by atoms with van der Waals surface area (Å²) in [5.41, 5.74) is 0. The molecule has 2 saturated heterocycles. The number of rotatable bonds is 3. The van der Waals surface area contributed by atoms with E-state index in [9.17, 15) is 9.90 Å². The van der Waals surface area contributed by atoms with Crippen molar-refractivity contribution in [3.8, 4) is 0 Å². The fourth-order valence-electron chi connectivity index (χ4n) is 2.66. The van der Waals surface area contributed by atoms with Crippen molar-refractivity contribution >= 4 is 5.91 Å². The standard InChI is InChI=1S/C13H23NO3/c15-11-4-3-8-14(10-11)13(16)7-6-12-5-1-2-9-17-12/h11-12,15H,1-10H2. The van der Waals surface area contributed by atoms with Gasteiger partial charge in [0.2, 0.25) is 5.91 Å². The van der Waals surface area contributed by atoms with Crippen molar-refractivity contribution in [3.05, 3.63) is 0 Å². The summed E-state index contributed by atoms with van der Waals surface area (Å²) in [5, 5.41) is 9.53. The Labute approximate surface area is 103 Å². The van der Waals surface area contributed by atoms with E-state index >= 15 is 0 Å². The first-order valence-electron chi connectivity index (χ1n) is 6.83. The summed E-state index contributed by atoms with van der Waals surface area (Å²) < 4.78 is 5.62. The van der Waals surface area contributed by atoms with Crippen LogP contribution in [0.15, 0.2) is 0 Å². The molecule has 2 atom stereocenters. The average molecular weight is 241 g/mol. The van der Waals surface area contributed by atoms with Gasteiger partial charge in [-0.2, -0.15) is 0 Å². The molecule has 0 saturated carbocycles. The largest absolute Gasteiger partial charge is 0.391 e. The van der Waals surface area contributed by atoms with Crippen LogP contribution in [-0.4, -0.2) is 47.8 Å². The Balaban J connectivity index is 1.69. The van der Waals surface area contributed by atoms with E-state index in [0.717, 1.165) is 45.3 Å². The van der Waals surface area contributed by atoms with E-state index in [2.05, 4.69) is 0 Å². The first-order chi connectivity index (χ1) is 8.25. The van der Waals surface area contributed by atoms with E-state index in [1.54, 1.807) is 4.90 Å². The summed E-state index contributed by atoms with van der Waals surface area (Å²) in [5.74, 6) is 0.179. The van der Waals surface area contributed by atoms with Gasteiger partial charge in [0.25, 0.3) is 0 Å². The van der Waals surface area contributed by atoms with Crippen molar-refractivity contribution in [2.45, 2.75) is 57.2 Å². The Kier molecular flexibility index (Phi) is 4.80. The maximum absolute atomic E-state index is 11.9. The van der Waals surface area contributed by atoms with Crippen LogP contribution < -0.4 is 0 Å². The normalized spacial score (nSPS) is 30.3. The Morgan fingerprint density at radius 3 is 2.88 bits per heavy atom. The van der Waals surface area contributed by atoms with Crippen molar-refractivity contribution in [1.29, 1.82) is 0 Å². The highest BCUT2D eigenvalue weighted by molar-refractivity contribution is 5.76. The minimum atomic E-state index is -0.321. The molecule has 98 valence electrons. The molecule has 2 unspecified atom stereocenters. The number of nitrogens with zero attached hydrogens (tertiary/aromatic N) is 1. The van der Waals surface area contributed by atoms with E-state index in [4.69, 9.17) is 4.74 Å². The lowest BCUT2D eigenvalue weighted by Crippen LogP contribution is -2.42. The lowest BCUT2D eigenvalue weighted by molar-refractivity contribution is -0.135. The molecule has 4 heteroatoms. The monoisotopic (exact) mass is 241 g/mol. The number of ether oxygens (including phenoxy) is 1. The van der Waals surface area contributed by atoms with Crippen LogP contribution in [0.2, 0.25) is 0 Å². The predicted octanol–water partition coefficient (Wildman–Crippen LogP) is 1.32. The lowest BCUT2D eigenvalue weighted by atomic mass is 10.0. The molecule has 0 aromatic heterocycles. The Morgan fingerprint density at radius 2 is 2.18 bits per heavy atom. The van der Waals surface area contributed by atoms with Gasteiger partial charge in [-0.25, -0.2) is 0 Å². The summed E-state index contributed by atoms with van der Waals surface area (Å²) in [6, 6.07) is 0. The third-order valence-electron chi connectivity index (χ3n) is 3.70. The van der Waals surface area contributed by atoms with Crippen LogP contribution in [0.25, 0.3) is 0 Å². The minimum Gasteiger partial charge on any atom is -0.391 e. The number of hydrogen-bond donors (Lipinski definition) is 1. The van der Waals surface area contributed by atoms with Crippen LogP contribution >= 0.6 is 0 Å². The second kappa shape index (κ2) is 6.36. The first-order valence-corrected chi connectivity index (χ1v) is 6.83. The number of piperidine rings is 1. The summed E-state index contributed by atoms with van der Waals surface area (Å²) in [6.45, 7) is 2.17. The fraction of sp³-hybridized carbons (Fsp3) is 0.923. The molecule has 0 aromatic rings. The second-order valence-corrected chi connectivity index (χ2v) is 5.16. The van der Waals surface area contributed by atoms with Crippen LogP contribution in [-0.2, 0) is 9.53 Å². The van der Waals surface area contributed by atoms with Crippen LogP contribution in [0, 0.1) is 0 Å². The van der Waals surface area contributed by atoms with Crippen LogP contribution in [0.3, 0.4) is 0 Å². The molecule has 4 nitrogen and oxygen atoms in total. The number of carbonyl (C=O) groups excluding carboxylic acids is 1. The number of aliphatic hydroxyl groups is 1. The molecule has 2 fully saturated rings. The van der Waals surface area contributed by atoms with E-state index in [1.165, 1.54) is 6.42 Å². The van der Waals surface area contributed by atoms with Gasteiger partial charge in [-0.1, -0.05) is 0 Å². The number of amides is 1. The molecule has 2 aliphatic heterocycles. The molecule has 17 heavy (non-hydrogen) atoms. The van der Waals surface area contributed by atoms with E-state index in [0.29, 0.717) is 13.0 Å². The van der Waals surface area contributed by atoms with Gasteiger partial charge in [0.05, 0.1) is 12.2 Å². The van der Waals surface area contributed by atoms with Gasteiger partial charge in [-0.05, 0) is 38.5 Å². The molecule has 2 aliphatic rings. The molecule has 1 amide bonds. The van der Waals surface area contributed by atoms with Gasteiger partial charge in [-0.15, -0.1) is 0 Å². The van der Waals surface area contributed by atoms with Gasteiger partial charge in [0.15, 0.2) is 0 Å². The van der Waals surface area contributed by atoms with Crippen molar-refractivity contribution in [2.75, 3.05) is 19.7 Å². The van der Waals surface area contributed by atoms with Crippen molar-refractivity contribution < 1.29 is 14.6 Å².